The highest BCUT2D eigenvalue weighted by molar-refractivity contribution is 6.58. The predicted octanol–water partition coefficient (Wildman–Crippen LogP) is 2.32. The van der Waals surface area contributed by atoms with Crippen LogP contribution >= 0.6 is 0 Å². The van der Waals surface area contributed by atoms with Gasteiger partial charge in [0.2, 0.25) is 0 Å². The van der Waals surface area contributed by atoms with Gasteiger partial charge in [0, 0.05) is 0 Å². The second-order valence-corrected chi connectivity index (χ2v) is 14.0. The van der Waals surface area contributed by atoms with E-state index in [0.29, 0.717) is 0 Å². The molecule has 0 heterocycles. The maximum Gasteiger partial charge on any atom is 0.147 e. The minimum absolute atomic E-state index is 0.144. The Kier molecular flexibility index (Phi) is 10.1. The second-order valence-electron chi connectivity index (χ2n) is 9.10. The molecule has 162 valence electrons. The fraction of sp³-hybridized carbons (Fsp3) is 0.727. The van der Waals surface area contributed by atoms with Crippen LogP contribution in [0.25, 0.3) is 0 Å². The average molecular weight is 427 g/mol. The zero-order valence-electron chi connectivity index (χ0n) is 19.7. The average Bonchev–Trinajstić information content (AvgIpc) is 2.45. The molecule has 0 aliphatic carbocycles. The molecule has 0 unspecified atom stereocenters. The first-order chi connectivity index (χ1) is 12.8. The normalized spacial score (nSPS) is 14.2. The molecule has 4 nitrogen and oxygen atoms in total. The van der Waals surface area contributed by atoms with Gasteiger partial charge in [-0.05, 0) is 69.2 Å². The van der Waals surface area contributed by atoms with Crippen LogP contribution in [-0.2, 0) is 18.9 Å². The Labute approximate surface area is 177 Å². The van der Waals surface area contributed by atoms with Crippen molar-refractivity contribution in [3.05, 3.63) is 24.3 Å². The van der Waals surface area contributed by atoms with Crippen LogP contribution in [0.4, 0.5) is 0 Å². The van der Waals surface area contributed by atoms with Crippen LogP contribution in [0.15, 0.2) is 24.3 Å². The lowest BCUT2D eigenvalue weighted by atomic mass is 10.4. The van der Waals surface area contributed by atoms with Crippen molar-refractivity contribution in [1.29, 1.82) is 0 Å². The molecule has 0 saturated carbocycles. The summed E-state index contributed by atoms with van der Waals surface area (Å²) in [6.45, 7) is 20.7. The third kappa shape index (κ3) is 9.81. The maximum atomic E-state index is 6.16. The van der Waals surface area contributed by atoms with E-state index in [-0.39, 0.29) is 24.4 Å². The van der Waals surface area contributed by atoms with Gasteiger partial charge in [-0.25, -0.2) is 0 Å². The molecule has 1 aromatic carbocycles. The van der Waals surface area contributed by atoms with Crippen LogP contribution in [0.5, 0.6) is 0 Å². The molecule has 1 aromatic rings. The summed E-state index contributed by atoms with van der Waals surface area (Å²) in [5.74, 6) is 0. The van der Waals surface area contributed by atoms with E-state index in [1.54, 1.807) is 0 Å². The molecule has 0 aliphatic heterocycles. The fourth-order valence-corrected chi connectivity index (χ4v) is 7.83. The van der Waals surface area contributed by atoms with Gasteiger partial charge in [0.05, 0.1) is 24.4 Å². The smallest absolute Gasteiger partial charge is 0.147 e. The Bertz CT molecular complexity index is 499. The van der Waals surface area contributed by atoms with Gasteiger partial charge >= 0.3 is 0 Å². The lowest BCUT2D eigenvalue weighted by Crippen LogP contribution is -2.49. The summed E-state index contributed by atoms with van der Waals surface area (Å²) >= 11 is 0. The van der Waals surface area contributed by atoms with Crippen molar-refractivity contribution in [2.45, 2.75) is 104 Å². The van der Waals surface area contributed by atoms with Crippen LogP contribution in [0.1, 0.15) is 69.2 Å². The van der Waals surface area contributed by atoms with Gasteiger partial charge in [0.25, 0.3) is 0 Å². The highest BCUT2D eigenvalue weighted by atomic mass is 28.2. The number of ether oxygens (including phenoxy) is 4. The van der Waals surface area contributed by atoms with Crippen LogP contribution in [0, 0.1) is 0 Å². The van der Waals surface area contributed by atoms with Crippen molar-refractivity contribution >= 4 is 29.4 Å². The van der Waals surface area contributed by atoms with E-state index >= 15 is 0 Å². The summed E-state index contributed by atoms with van der Waals surface area (Å²) in [7, 11) is -1.53. The van der Waals surface area contributed by atoms with E-state index in [1.807, 2.05) is 0 Å². The molecule has 0 N–H and O–H groups in total. The van der Waals surface area contributed by atoms with Crippen molar-refractivity contribution in [3.63, 3.8) is 0 Å². The van der Waals surface area contributed by atoms with Crippen molar-refractivity contribution in [2.75, 3.05) is 0 Å². The van der Waals surface area contributed by atoms with E-state index in [2.05, 4.69) is 93.5 Å². The van der Waals surface area contributed by atoms with Crippen molar-refractivity contribution in [2.24, 2.45) is 0 Å². The molecule has 0 radical (unpaired) electrons. The van der Waals surface area contributed by atoms with Gasteiger partial charge in [-0.15, -0.1) is 0 Å². The Morgan fingerprint density at radius 2 is 0.750 bits per heavy atom. The molecule has 6 heteroatoms. The SMILES string of the molecule is CC(C)OC(C)(OC(C)C)[SiH2]c1ccc([SiH2]C(C)(OC(C)C)OC(C)C)cc1. The third-order valence-corrected chi connectivity index (χ3v) is 7.72. The molecule has 0 atom stereocenters. The van der Waals surface area contributed by atoms with Crippen molar-refractivity contribution in [1.82, 2.24) is 0 Å². The first-order valence-electron chi connectivity index (χ1n) is 10.6. The highest BCUT2D eigenvalue weighted by Crippen LogP contribution is 2.18. The minimum Gasteiger partial charge on any atom is -0.352 e. The van der Waals surface area contributed by atoms with E-state index < -0.39 is 29.9 Å². The summed E-state index contributed by atoms with van der Waals surface area (Å²) in [6, 6.07) is 8.97. The first kappa shape index (κ1) is 25.5. The predicted molar refractivity (Wildman–Crippen MR) is 124 cm³/mol. The topological polar surface area (TPSA) is 36.9 Å². The zero-order chi connectivity index (χ0) is 21.5. The summed E-state index contributed by atoms with van der Waals surface area (Å²) in [6.07, 6.45) is 0.574. The number of hydrogen-bond donors (Lipinski definition) is 0. The van der Waals surface area contributed by atoms with Gasteiger partial charge in [-0.1, -0.05) is 34.6 Å². The van der Waals surface area contributed by atoms with Gasteiger partial charge in [-0.3, -0.25) is 0 Å². The Morgan fingerprint density at radius 1 is 0.536 bits per heavy atom. The van der Waals surface area contributed by atoms with Crippen LogP contribution in [0.3, 0.4) is 0 Å². The molecule has 1 rings (SSSR count). The van der Waals surface area contributed by atoms with Gasteiger partial charge in [0.1, 0.15) is 29.9 Å². The zero-order valence-corrected chi connectivity index (χ0v) is 22.5. The van der Waals surface area contributed by atoms with E-state index in [4.69, 9.17) is 18.9 Å². The van der Waals surface area contributed by atoms with Gasteiger partial charge in [0.15, 0.2) is 0 Å². The van der Waals surface area contributed by atoms with Crippen LogP contribution < -0.4 is 10.4 Å². The van der Waals surface area contributed by atoms with Crippen molar-refractivity contribution in [3.8, 4) is 0 Å². The fourth-order valence-electron chi connectivity index (χ4n) is 3.73. The minimum atomic E-state index is -0.765. The Hall–Kier alpha value is -0.506. The molecule has 0 aliphatic rings. The molecule has 0 bridgehead atoms. The lowest BCUT2D eigenvalue weighted by molar-refractivity contribution is -0.205. The standard InChI is InChI=1S/C22H42O4Si2/c1-15(2)23-21(9,24-16(3)4)27-19-11-13-20(14-12-19)28-22(10,25-17(5)6)26-18(7)8/h11-18H,27-28H2,1-10H3. The Morgan fingerprint density at radius 3 is 0.929 bits per heavy atom. The summed E-state index contributed by atoms with van der Waals surface area (Å²) < 4.78 is 24.6. The molecular weight excluding hydrogens is 384 g/mol. The molecule has 0 amide bonds. The molecule has 0 spiro atoms. The van der Waals surface area contributed by atoms with E-state index in [1.165, 1.54) is 10.4 Å². The summed E-state index contributed by atoms with van der Waals surface area (Å²) in [5, 5.41) is 2.69. The van der Waals surface area contributed by atoms with Gasteiger partial charge < -0.3 is 18.9 Å². The first-order valence-corrected chi connectivity index (χ1v) is 13.4. The van der Waals surface area contributed by atoms with E-state index in [9.17, 15) is 0 Å². The number of rotatable bonds is 12. The summed E-state index contributed by atoms with van der Waals surface area (Å²) in [4.78, 5) is 0. The number of hydrogen-bond acceptors (Lipinski definition) is 4. The number of benzene rings is 1. The van der Waals surface area contributed by atoms with Crippen molar-refractivity contribution < 1.29 is 18.9 Å². The summed E-state index contributed by atoms with van der Waals surface area (Å²) in [5.41, 5.74) is -0.978. The third-order valence-electron chi connectivity index (χ3n) is 4.01. The van der Waals surface area contributed by atoms with Crippen LogP contribution in [0.2, 0.25) is 0 Å². The van der Waals surface area contributed by atoms with E-state index in [0.717, 1.165) is 0 Å². The molecule has 0 aromatic heterocycles. The molecule has 28 heavy (non-hydrogen) atoms. The second kappa shape index (κ2) is 11.0. The van der Waals surface area contributed by atoms with Gasteiger partial charge in [-0.2, -0.15) is 0 Å². The lowest BCUT2D eigenvalue weighted by Gasteiger charge is -2.34. The Balaban J connectivity index is 2.90. The quantitative estimate of drug-likeness (QED) is 0.380. The molecule has 0 fully saturated rings. The molecule has 0 saturated heterocycles. The molecular formula is C22H42O4Si2. The monoisotopic (exact) mass is 426 g/mol. The highest BCUT2D eigenvalue weighted by Gasteiger charge is 2.31. The van der Waals surface area contributed by atoms with Crippen LogP contribution in [-0.4, -0.2) is 54.3 Å². The maximum absolute atomic E-state index is 6.16. The largest absolute Gasteiger partial charge is 0.352 e.